The zero-order chi connectivity index (χ0) is 18.5. The van der Waals surface area contributed by atoms with Crippen LogP contribution in [0.25, 0.3) is 0 Å². The number of ether oxygens (including phenoxy) is 1. The fourth-order valence-corrected chi connectivity index (χ4v) is 4.91. The molecule has 0 bridgehead atoms. The summed E-state index contributed by atoms with van der Waals surface area (Å²) in [5.41, 5.74) is 1.10. The van der Waals surface area contributed by atoms with Gasteiger partial charge in [-0.05, 0) is 38.2 Å². The standard InChI is InChI=1S/C19H26N2O4S/c1-2-25-19(24)16-13-9-6-10-14(22)17(13)26-18(16)21-15(23)11-20-12-7-4-3-5-8-12/h12,20H,2-11H2,1H3,(H,21,23). The SMILES string of the molecule is CCOC(=O)c1c(NC(=O)CNC2CCCCC2)sc2c1CCCC2=O. The lowest BCUT2D eigenvalue weighted by molar-refractivity contribution is -0.115. The average Bonchev–Trinajstić information content (AvgIpc) is 3.00. The average molecular weight is 378 g/mol. The summed E-state index contributed by atoms with van der Waals surface area (Å²) in [6.07, 6.45) is 7.76. The van der Waals surface area contributed by atoms with E-state index in [-0.39, 0.29) is 24.8 Å². The molecule has 0 radical (unpaired) electrons. The van der Waals surface area contributed by atoms with Gasteiger partial charge in [0.25, 0.3) is 0 Å². The number of ketones is 1. The Balaban J connectivity index is 1.72. The second kappa shape index (κ2) is 8.77. The molecule has 0 unspecified atom stereocenters. The van der Waals surface area contributed by atoms with Crippen molar-refractivity contribution in [3.63, 3.8) is 0 Å². The zero-order valence-electron chi connectivity index (χ0n) is 15.2. The third-order valence-electron chi connectivity index (χ3n) is 4.98. The molecular weight excluding hydrogens is 352 g/mol. The number of amides is 1. The van der Waals surface area contributed by atoms with Crippen molar-refractivity contribution in [3.8, 4) is 0 Å². The third-order valence-corrected chi connectivity index (χ3v) is 6.17. The topological polar surface area (TPSA) is 84.5 Å². The minimum Gasteiger partial charge on any atom is -0.462 e. The lowest BCUT2D eigenvalue weighted by Crippen LogP contribution is -2.37. The van der Waals surface area contributed by atoms with Crippen LogP contribution in [0.2, 0.25) is 0 Å². The van der Waals surface area contributed by atoms with Gasteiger partial charge in [-0.15, -0.1) is 11.3 Å². The second-order valence-electron chi connectivity index (χ2n) is 6.88. The highest BCUT2D eigenvalue weighted by atomic mass is 32.1. The highest BCUT2D eigenvalue weighted by Gasteiger charge is 2.30. The molecule has 0 aliphatic heterocycles. The Hall–Kier alpha value is -1.73. The van der Waals surface area contributed by atoms with Crippen molar-refractivity contribution in [2.75, 3.05) is 18.5 Å². The van der Waals surface area contributed by atoms with Crippen LogP contribution in [0.5, 0.6) is 0 Å². The van der Waals surface area contributed by atoms with E-state index in [1.807, 2.05) is 0 Å². The molecule has 2 aliphatic rings. The van der Waals surface area contributed by atoms with Gasteiger partial charge in [-0.3, -0.25) is 9.59 Å². The maximum atomic E-state index is 12.4. The summed E-state index contributed by atoms with van der Waals surface area (Å²) in [6.45, 7) is 2.21. The Morgan fingerprint density at radius 1 is 1.15 bits per heavy atom. The number of Topliss-reactive ketones (excluding diaryl/α,β-unsaturated/α-hetero) is 1. The minimum atomic E-state index is -0.463. The lowest BCUT2D eigenvalue weighted by atomic mass is 9.94. The Morgan fingerprint density at radius 2 is 1.92 bits per heavy atom. The van der Waals surface area contributed by atoms with Gasteiger partial charge < -0.3 is 15.4 Å². The number of fused-ring (bicyclic) bond motifs is 1. The summed E-state index contributed by atoms with van der Waals surface area (Å²) in [6, 6.07) is 0.386. The molecule has 1 fully saturated rings. The minimum absolute atomic E-state index is 0.0441. The van der Waals surface area contributed by atoms with Crippen LogP contribution in [-0.2, 0) is 16.0 Å². The van der Waals surface area contributed by atoms with E-state index in [2.05, 4.69) is 10.6 Å². The van der Waals surface area contributed by atoms with Gasteiger partial charge in [-0.2, -0.15) is 0 Å². The zero-order valence-corrected chi connectivity index (χ0v) is 16.0. The van der Waals surface area contributed by atoms with Crippen molar-refractivity contribution in [2.24, 2.45) is 0 Å². The van der Waals surface area contributed by atoms with E-state index in [0.29, 0.717) is 34.3 Å². The van der Waals surface area contributed by atoms with Crippen LogP contribution in [0, 0.1) is 0 Å². The van der Waals surface area contributed by atoms with E-state index in [1.54, 1.807) is 6.92 Å². The van der Waals surface area contributed by atoms with Gasteiger partial charge in [0.05, 0.1) is 23.6 Å². The molecule has 3 rings (SSSR count). The van der Waals surface area contributed by atoms with Crippen molar-refractivity contribution >= 4 is 34.0 Å². The highest BCUT2D eigenvalue weighted by molar-refractivity contribution is 7.18. The first-order valence-corrected chi connectivity index (χ1v) is 10.3. The van der Waals surface area contributed by atoms with Crippen LogP contribution >= 0.6 is 11.3 Å². The van der Waals surface area contributed by atoms with Crippen LogP contribution < -0.4 is 10.6 Å². The van der Waals surface area contributed by atoms with Crippen LogP contribution in [0.15, 0.2) is 0 Å². The molecule has 2 N–H and O–H groups in total. The summed E-state index contributed by atoms with van der Waals surface area (Å²) in [5.74, 6) is -0.606. The molecule has 0 spiro atoms. The number of anilines is 1. The van der Waals surface area contributed by atoms with E-state index in [4.69, 9.17) is 4.74 Å². The number of carbonyl (C=O) groups is 3. The van der Waals surface area contributed by atoms with Gasteiger partial charge in [0.15, 0.2) is 5.78 Å². The molecule has 142 valence electrons. The van der Waals surface area contributed by atoms with Gasteiger partial charge in [-0.25, -0.2) is 4.79 Å². The lowest BCUT2D eigenvalue weighted by Gasteiger charge is -2.22. The fourth-order valence-electron chi connectivity index (χ4n) is 3.69. The monoisotopic (exact) mass is 378 g/mol. The van der Waals surface area contributed by atoms with Gasteiger partial charge >= 0.3 is 5.97 Å². The summed E-state index contributed by atoms with van der Waals surface area (Å²) >= 11 is 1.20. The molecule has 1 heterocycles. The second-order valence-corrected chi connectivity index (χ2v) is 7.90. The highest BCUT2D eigenvalue weighted by Crippen LogP contribution is 2.38. The Labute approximate surface area is 157 Å². The Kier molecular flexibility index (Phi) is 6.43. The van der Waals surface area contributed by atoms with E-state index in [9.17, 15) is 14.4 Å². The molecule has 6 nitrogen and oxygen atoms in total. The predicted molar refractivity (Wildman–Crippen MR) is 101 cm³/mol. The van der Waals surface area contributed by atoms with E-state index in [1.165, 1.54) is 30.6 Å². The maximum absolute atomic E-state index is 12.4. The van der Waals surface area contributed by atoms with Gasteiger partial charge in [-0.1, -0.05) is 19.3 Å². The quantitative estimate of drug-likeness (QED) is 0.742. The summed E-state index contributed by atoms with van der Waals surface area (Å²) in [7, 11) is 0. The number of thiophene rings is 1. The number of hydrogen-bond donors (Lipinski definition) is 2. The molecule has 0 aromatic carbocycles. The van der Waals surface area contributed by atoms with Crippen molar-refractivity contribution in [1.29, 1.82) is 0 Å². The molecule has 7 heteroatoms. The third kappa shape index (κ3) is 4.32. The fraction of sp³-hybridized carbons (Fsp3) is 0.632. The molecule has 1 amide bonds. The smallest absolute Gasteiger partial charge is 0.341 e. The van der Waals surface area contributed by atoms with Crippen molar-refractivity contribution < 1.29 is 19.1 Å². The summed E-state index contributed by atoms with van der Waals surface area (Å²) < 4.78 is 5.15. The van der Waals surface area contributed by atoms with Gasteiger partial charge in [0.1, 0.15) is 5.00 Å². The van der Waals surface area contributed by atoms with Gasteiger partial charge in [0, 0.05) is 12.5 Å². The number of rotatable bonds is 6. The van der Waals surface area contributed by atoms with E-state index < -0.39 is 5.97 Å². The molecule has 1 saturated carbocycles. The van der Waals surface area contributed by atoms with Crippen molar-refractivity contribution in [3.05, 3.63) is 16.0 Å². The maximum Gasteiger partial charge on any atom is 0.341 e. The number of hydrogen-bond acceptors (Lipinski definition) is 6. The first-order chi connectivity index (χ1) is 12.6. The number of carbonyl (C=O) groups excluding carboxylic acids is 3. The first kappa shape index (κ1) is 19.0. The molecule has 0 atom stereocenters. The van der Waals surface area contributed by atoms with E-state index in [0.717, 1.165) is 24.8 Å². The van der Waals surface area contributed by atoms with Crippen LogP contribution in [0.4, 0.5) is 5.00 Å². The van der Waals surface area contributed by atoms with Gasteiger partial charge in [0.2, 0.25) is 5.91 Å². The largest absolute Gasteiger partial charge is 0.462 e. The molecular formula is C19H26N2O4S. The van der Waals surface area contributed by atoms with Crippen LogP contribution in [0.1, 0.15) is 77.5 Å². The number of esters is 1. The molecule has 26 heavy (non-hydrogen) atoms. The predicted octanol–water partition coefficient (Wildman–Crippen LogP) is 3.30. The van der Waals surface area contributed by atoms with Crippen LogP contribution in [0.3, 0.4) is 0 Å². The van der Waals surface area contributed by atoms with E-state index >= 15 is 0 Å². The summed E-state index contributed by atoms with van der Waals surface area (Å²) in [5, 5.41) is 6.57. The normalized spacial score (nSPS) is 17.7. The molecule has 1 aromatic heterocycles. The summed E-state index contributed by atoms with van der Waals surface area (Å²) in [4.78, 5) is 37.6. The molecule has 0 saturated heterocycles. The van der Waals surface area contributed by atoms with Crippen molar-refractivity contribution in [1.82, 2.24) is 5.32 Å². The Bertz CT molecular complexity index is 692. The Morgan fingerprint density at radius 3 is 2.65 bits per heavy atom. The first-order valence-electron chi connectivity index (χ1n) is 9.49. The van der Waals surface area contributed by atoms with Crippen molar-refractivity contribution in [2.45, 2.75) is 64.3 Å². The number of nitrogens with one attached hydrogen (secondary N) is 2. The van der Waals surface area contributed by atoms with Crippen LogP contribution in [-0.4, -0.2) is 36.9 Å². The molecule has 1 aromatic rings. The molecule has 2 aliphatic carbocycles.